The van der Waals surface area contributed by atoms with Crippen LogP contribution in [0.4, 0.5) is 0 Å². The Balaban J connectivity index is 1.79. The van der Waals surface area contributed by atoms with E-state index in [4.69, 9.17) is 9.47 Å². The molecule has 0 aromatic heterocycles. The second-order valence-electron chi connectivity index (χ2n) is 6.27. The summed E-state index contributed by atoms with van der Waals surface area (Å²) in [5.41, 5.74) is 0.559. The van der Waals surface area contributed by atoms with Crippen LogP contribution in [-0.2, 0) is 4.74 Å². The van der Waals surface area contributed by atoms with E-state index in [0.717, 1.165) is 38.2 Å². The van der Waals surface area contributed by atoms with Crippen molar-refractivity contribution in [3.05, 3.63) is 29.8 Å². The predicted molar refractivity (Wildman–Crippen MR) is 85.2 cm³/mol. The van der Waals surface area contributed by atoms with Gasteiger partial charge in [0, 0.05) is 57.8 Å². The van der Waals surface area contributed by atoms with E-state index in [9.17, 15) is 5.11 Å². The van der Waals surface area contributed by atoms with E-state index in [1.54, 1.807) is 7.11 Å². The molecule has 0 spiro atoms. The molecule has 0 saturated carbocycles. The zero-order valence-corrected chi connectivity index (χ0v) is 13.3. The first-order valence-corrected chi connectivity index (χ1v) is 8.10. The molecule has 2 saturated heterocycles. The average Bonchev–Trinajstić information content (AvgIpc) is 2.56. The van der Waals surface area contributed by atoms with E-state index >= 15 is 0 Å². The first-order valence-electron chi connectivity index (χ1n) is 8.10. The maximum Gasteiger partial charge on any atom is 0.123 e. The molecule has 0 unspecified atom stereocenters. The first-order chi connectivity index (χ1) is 10.7. The molecule has 2 aliphatic heterocycles. The highest BCUT2D eigenvalue weighted by Crippen LogP contribution is 2.32. The second-order valence-corrected chi connectivity index (χ2v) is 6.27. The van der Waals surface area contributed by atoms with Crippen LogP contribution in [0.2, 0.25) is 0 Å². The molecule has 0 aliphatic carbocycles. The summed E-state index contributed by atoms with van der Waals surface area (Å²) in [7, 11) is 1.71. The highest BCUT2D eigenvalue weighted by atomic mass is 16.5. The number of hydrogen-bond donors (Lipinski definition) is 2. The number of benzene rings is 1. The number of hydrogen-bond acceptors (Lipinski definition) is 5. The molecule has 3 rings (SSSR count). The number of nitrogens with one attached hydrogen (secondary N) is 1. The normalized spacial score (nSPS) is 25.8. The van der Waals surface area contributed by atoms with Gasteiger partial charge in [0.25, 0.3) is 0 Å². The molecule has 5 nitrogen and oxygen atoms in total. The minimum atomic E-state index is -0.629. The Labute approximate surface area is 132 Å². The fraction of sp³-hybridized carbons (Fsp3) is 0.647. The van der Waals surface area contributed by atoms with Gasteiger partial charge in [0.15, 0.2) is 0 Å². The minimum Gasteiger partial charge on any atom is -0.496 e. The summed E-state index contributed by atoms with van der Waals surface area (Å²) in [6, 6.07) is 8.41. The van der Waals surface area contributed by atoms with Crippen LogP contribution in [0.5, 0.6) is 5.75 Å². The highest BCUT2D eigenvalue weighted by molar-refractivity contribution is 5.36. The number of β-amino-alcohol motifs (C(OH)–C–C–N with tert-alkyl or cyclic N) is 1. The number of para-hydroxylation sites is 1. The van der Waals surface area contributed by atoms with Gasteiger partial charge in [-0.2, -0.15) is 0 Å². The summed E-state index contributed by atoms with van der Waals surface area (Å²) < 4.78 is 10.9. The van der Waals surface area contributed by atoms with E-state index < -0.39 is 5.60 Å². The number of nitrogens with zero attached hydrogens (tertiary/aromatic N) is 1. The van der Waals surface area contributed by atoms with Crippen molar-refractivity contribution in [1.29, 1.82) is 0 Å². The lowest BCUT2D eigenvalue weighted by atomic mass is 9.91. The van der Waals surface area contributed by atoms with Crippen molar-refractivity contribution in [2.75, 3.05) is 46.5 Å². The third kappa shape index (κ3) is 3.43. The Kier molecular flexibility index (Phi) is 4.98. The van der Waals surface area contributed by atoms with E-state index in [-0.39, 0.29) is 6.04 Å². The number of ether oxygens (including phenoxy) is 2. The Morgan fingerprint density at radius 2 is 2.14 bits per heavy atom. The molecular formula is C17H26N2O3. The number of aliphatic hydroxyl groups is 1. The number of rotatable bonds is 4. The van der Waals surface area contributed by atoms with Crippen molar-refractivity contribution in [2.24, 2.45) is 0 Å². The lowest BCUT2D eigenvalue weighted by Crippen LogP contribution is -2.53. The number of methoxy groups -OCH3 is 1. The predicted octanol–water partition coefficient (Wildman–Crippen LogP) is 1.18. The molecule has 22 heavy (non-hydrogen) atoms. The number of piperazine rings is 1. The van der Waals surface area contributed by atoms with E-state index in [1.165, 1.54) is 5.56 Å². The maximum absolute atomic E-state index is 10.8. The molecule has 1 atom stereocenters. The molecule has 0 amide bonds. The summed E-state index contributed by atoms with van der Waals surface area (Å²) in [6.07, 6.45) is 1.44. The van der Waals surface area contributed by atoms with Gasteiger partial charge in [-0.3, -0.25) is 4.90 Å². The third-order valence-electron chi connectivity index (χ3n) is 4.77. The van der Waals surface area contributed by atoms with E-state index in [2.05, 4.69) is 16.3 Å². The summed E-state index contributed by atoms with van der Waals surface area (Å²) >= 11 is 0. The van der Waals surface area contributed by atoms with Crippen LogP contribution < -0.4 is 10.1 Å². The minimum absolute atomic E-state index is 0.233. The van der Waals surface area contributed by atoms with Crippen molar-refractivity contribution < 1.29 is 14.6 Å². The molecule has 2 aliphatic rings. The Hall–Kier alpha value is -1.14. The van der Waals surface area contributed by atoms with Crippen LogP contribution in [0.25, 0.3) is 0 Å². The van der Waals surface area contributed by atoms with Crippen molar-refractivity contribution in [2.45, 2.75) is 24.5 Å². The molecule has 0 radical (unpaired) electrons. The molecule has 1 aromatic carbocycles. The van der Waals surface area contributed by atoms with E-state index in [0.29, 0.717) is 19.8 Å². The Morgan fingerprint density at radius 1 is 1.36 bits per heavy atom. The van der Waals surface area contributed by atoms with Crippen LogP contribution in [0.15, 0.2) is 24.3 Å². The van der Waals surface area contributed by atoms with Gasteiger partial charge in [-0.15, -0.1) is 0 Å². The van der Waals surface area contributed by atoms with E-state index in [1.807, 2.05) is 18.2 Å². The molecule has 122 valence electrons. The fourth-order valence-electron chi connectivity index (χ4n) is 3.47. The van der Waals surface area contributed by atoms with Gasteiger partial charge in [-0.05, 0) is 6.07 Å². The lowest BCUT2D eigenvalue weighted by molar-refractivity contribution is -0.0874. The van der Waals surface area contributed by atoms with Gasteiger partial charge in [-0.1, -0.05) is 18.2 Å². The molecule has 1 aromatic rings. The van der Waals surface area contributed by atoms with Gasteiger partial charge in [0.05, 0.1) is 18.8 Å². The summed E-state index contributed by atoms with van der Waals surface area (Å²) in [5, 5.41) is 14.3. The van der Waals surface area contributed by atoms with Crippen LogP contribution in [-0.4, -0.2) is 62.1 Å². The standard InChI is InChI=1S/C17H26N2O3/c1-21-16-5-3-2-4-14(16)15-12-18-8-9-19(15)13-17(20)6-10-22-11-7-17/h2-5,15,18,20H,6-13H2,1H3/t15-/m1/s1. The van der Waals surface area contributed by atoms with Crippen LogP contribution in [0.3, 0.4) is 0 Å². The van der Waals surface area contributed by atoms with Gasteiger partial charge < -0.3 is 19.9 Å². The monoisotopic (exact) mass is 306 g/mol. The quantitative estimate of drug-likeness (QED) is 0.875. The van der Waals surface area contributed by atoms with Gasteiger partial charge in [0.2, 0.25) is 0 Å². The van der Waals surface area contributed by atoms with Crippen LogP contribution >= 0.6 is 0 Å². The summed E-state index contributed by atoms with van der Waals surface area (Å²) in [6.45, 7) is 4.78. The van der Waals surface area contributed by atoms with Crippen molar-refractivity contribution in [3.63, 3.8) is 0 Å². The SMILES string of the molecule is COc1ccccc1[C@H]1CNCCN1CC1(O)CCOCC1. The van der Waals surface area contributed by atoms with Gasteiger partial charge in [0.1, 0.15) is 5.75 Å². The largest absolute Gasteiger partial charge is 0.496 e. The molecule has 5 heteroatoms. The van der Waals surface area contributed by atoms with Gasteiger partial charge >= 0.3 is 0 Å². The highest BCUT2D eigenvalue weighted by Gasteiger charge is 2.36. The molecule has 0 bridgehead atoms. The average molecular weight is 306 g/mol. The topological polar surface area (TPSA) is 54.0 Å². The smallest absolute Gasteiger partial charge is 0.123 e. The summed E-state index contributed by atoms with van der Waals surface area (Å²) in [4.78, 5) is 2.39. The molecular weight excluding hydrogens is 280 g/mol. The van der Waals surface area contributed by atoms with Crippen LogP contribution in [0.1, 0.15) is 24.4 Å². The molecule has 2 N–H and O–H groups in total. The lowest BCUT2D eigenvalue weighted by Gasteiger charge is -2.43. The van der Waals surface area contributed by atoms with Crippen molar-refractivity contribution >= 4 is 0 Å². The summed E-state index contributed by atoms with van der Waals surface area (Å²) in [5.74, 6) is 0.917. The van der Waals surface area contributed by atoms with Crippen molar-refractivity contribution in [3.8, 4) is 5.75 Å². The van der Waals surface area contributed by atoms with Gasteiger partial charge in [-0.25, -0.2) is 0 Å². The molecule has 2 fully saturated rings. The second kappa shape index (κ2) is 6.96. The Morgan fingerprint density at radius 3 is 2.91 bits per heavy atom. The van der Waals surface area contributed by atoms with Crippen molar-refractivity contribution in [1.82, 2.24) is 10.2 Å². The zero-order valence-electron chi connectivity index (χ0n) is 13.3. The fourth-order valence-corrected chi connectivity index (χ4v) is 3.47. The first kappa shape index (κ1) is 15.7. The van der Waals surface area contributed by atoms with Crippen LogP contribution in [0, 0.1) is 0 Å². The maximum atomic E-state index is 10.8. The zero-order chi connectivity index (χ0) is 15.4. The Bertz CT molecular complexity index is 489. The molecule has 2 heterocycles. The third-order valence-corrected chi connectivity index (χ3v) is 4.77.